The summed E-state index contributed by atoms with van der Waals surface area (Å²) in [7, 11) is 0. The van der Waals surface area contributed by atoms with Crippen LogP contribution in [0.5, 0.6) is 0 Å². The second-order valence-corrected chi connectivity index (χ2v) is 18.7. The van der Waals surface area contributed by atoms with E-state index >= 15 is 0 Å². The summed E-state index contributed by atoms with van der Waals surface area (Å²) in [5.74, 6) is 0. The first-order chi connectivity index (χ1) is 16.0. The van der Waals surface area contributed by atoms with Crippen LogP contribution < -0.4 is 0 Å². The van der Waals surface area contributed by atoms with Crippen molar-refractivity contribution >= 4 is 6.60 Å². The molecule has 0 bridgehead atoms. The van der Waals surface area contributed by atoms with Crippen LogP contribution >= 0.6 is 6.60 Å². The average Bonchev–Trinajstić information content (AvgIpc) is 2.80. The van der Waals surface area contributed by atoms with Gasteiger partial charge in [0.15, 0.2) is 0 Å². The summed E-state index contributed by atoms with van der Waals surface area (Å²) in [5.41, 5.74) is 3.06. The predicted octanol–water partition coefficient (Wildman–Crippen LogP) is 10.7. The van der Waals surface area contributed by atoms with Crippen molar-refractivity contribution < 1.29 is 0 Å². The molecular formula is C32H53P. The maximum absolute atomic E-state index is 2.66. The van der Waals surface area contributed by atoms with Gasteiger partial charge in [-0.05, 0) is 0 Å². The molecule has 0 aliphatic carbocycles. The van der Waals surface area contributed by atoms with Crippen molar-refractivity contribution in [3.8, 4) is 0 Å². The molecule has 0 spiro atoms. The van der Waals surface area contributed by atoms with Gasteiger partial charge in [0.2, 0.25) is 0 Å². The molecule has 0 aliphatic heterocycles. The molecule has 2 aromatic carbocycles. The third kappa shape index (κ3) is 12.8. The Morgan fingerprint density at radius 1 is 0.455 bits per heavy atom. The van der Waals surface area contributed by atoms with E-state index in [1.54, 1.807) is 0 Å². The van der Waals surface area contributed by atoms with Crippen LogP contribution in [-0.2, 0) is 12.3 Å². The number of hydrogen-bond donors (Lipinski definition) is 0. The molecule has 0 unspecified atom stereocenters. The zero-order valence-electron chi connectivity index (χ0n) is 22.2. The van der Waals surface area contributed by atoms with Crippen molar-refractivity contribution in [1.82, 2.24) is 0 Å². The molecule has 33 heavy (non-hydrogen) atoms. The normalized spacial score (nSPS) is 13.0. The zero-order chi connectivity index (χ0) is 23.7. The fourth-order valence-electron chi connectivity index (χ4n) is 5.47. The summed E-state index contributed by atoms with van der Waals surface area (Å²) in [5, 5.41) is 0. The summed E-state index contributed by atoms with van der Waals surface area (Å²) in [6.45, 7) is 5.80. The van der Waals surface area contributed by atoms with Gasteiger partial charge in [-0.2, -0.15) is 0 Å². The SMILES string of the molecule is CCCCCCCCCCCCCCCCP(C)(C)(Cc1ccccc1)Cc1ccccc1. The third-order valence-electron chi connectivity index (χ3n) is 7.41. The minimum absolute atomic E-state index is 1.28. The fourth-order valence-corrected chi connectivity index (χ4v) is 10.1. The van der Waals surface area contributed by atoms with E-state index in [4.69, 9.17) is 0 Å². The number of unbranched alkanes of at least 4 members (excludes halogenated alkanes) is 13. The van der Waals surface area contributed by atoms with Crippen molar-refractivity contribution in [2.24, 2.45) is 0 Å². The van der Waals surface area contributed by atoms with Crippen molar-refractivity contribution in [1.29, 1.82) is 0 Å². The Labute approximate surface area is 206 Å². The van der Waals surface area contributed by atoms with E-state index in [2.05, 4.69) is 80.9 Å². The van der Waals surface area contributed by atoms with Crippen molar-refractivity contribution in [2.45, 2.75) is 109 Å². The average molecular weight is 469 g/mol. The quantitative estimate of drug-likeness (QED) is 0.142. The maximum atomic E-state index is 2.66. The summed E-state index contributed by atoms with van der Waals surface area (Å²) >= 11 is 0. The molecule has 0 amide bonds. The third-order valence-corrected chi connectivity index (χ3v) is 12.1. The standard InChI is InChI=1S/C32H53P/c1-4-5-6-7-8-9-10-11-12-13-14-15-16-23-28-33(2,3,29-31-24-19-17-20-25-31)30-32-26-21-18-22-27-32/h17-22,24-27H,4-16,23,28-30H2,1-3H3. The van der Waals surface area contributed by atoms with Gasteiger partial charge in [-0.3, -0.25) is 0 Å². The molecule has 0 aliphatic rings. The molecule has 0 N–H and O–H groups in total. The Balaban J connectivity index is 1.66. The van der Waals surface area contributed by atoms with Gasteiger partial charge in [-0.1, -0.05) is 26.2 Å². The molecule has 0 saturated heterocycles. The molecule has 0 radical (unpaired) electrons. The summed E-state index contributed by atoms with van der Waals surface area (Å²) in [4.78, 5) is 0. The summed E-state index contributed by atoms with van der Waals surface area (Å²) in [6, 6.07) is 22.5. The van der Waals surface area contributed by atoms with Gasteiger partial charge in [0, 0.05) is 0 Å². The minimum atomic E-state index is -1.82. The predicted molar refractivity (Wildman–Crippen MR) is 154 cm³/mol. The van der Waals surface area contributed by atoms with Crippen LogP contribution in [0.2, 0.25) is 0 Å². The van der Waals surface area contributed by atoms with E-state index in [0.29, 0.717) is 0 Å². The first-order valence-electron chi connectivity index (χ1n) is 14.1. The molecule has 2 aromatic rings. The van der Waals surface area contributed by atoms with Crippen LogP contribution in [-0.4, -0.2) is 19.5 Å². The topological polar surface area (TPSA) is 0 Å². The van der Waals surface area contributed by atoms with E-state index in [1.165, 1.54) is 120 Å². The van der Waals surface area contributed by atoms with Gasteiger partial charge in [0.25, 0.3) is 0 Å². The molecule has 2 rings (SSSR count). The van der Waals surface area contributed by atoms with Crippen LogP contribution in [0.25, 0.3) is 0 Å². The Hall–Kier alpha value is -1.13. The zero-order valence-corrected chi connectivity index (χ0v) is 23.1. The molecular weight excluding hydrogens is 415 g/mol. The van der Waals surface area contributed by atoms with Crippen molar-refractivity contribution in [3.05, 3.63) is 71.8 Å². The monoisotopic (exact) mass is 468 g/mol. The van der Waals surface area contributed by atoms with Gasteiger partial charge in [0.1, 0.15) is 0 Å². The molecule has 0 fully saturated rings. The molecule has 0 nitrogen and oxygen atoms in total. The number of rotatable bonds is 19. The Morgan fingerprint density at radius 2 is 0.788 bits per heavy atom. The molecule has 0 heterocycles. The Morgan fingerprint density at radius 3 is 1.15 bits per heavy atom. The van der Waals surface area contributed by atoms with E-state index in [0.717, 1.165) is 0 Å². The van der Waals surface area contributed by atoms with E-state index in [9.17, 15) is 0 Å². The molecule has 0 aromatic heterocycles. The first-order valence-corrected chi connectivity index (χ1v) is 17.8. The van der Waals surface area contributed by atoms with Gasteiger partial charge in [0.05, 0.1) is 0 Å². The number of benzene rings is 2. The van der Waals surface area contributed by atoms with Crippen LogP contribution in [0.3, 0.4) is 0 Å². The van der Waals surface area contributed by atoms with Gasteiger partial charge < -0.3 is 0 Å². The Kier molecular flexibility index (Phi) is 13.4. The molecule has 186 valence electrons. The van der Waals surface area contributed by atoms with Crippen LogP contribution in [0.1, 0.15) is 108 Å². The number of hydrogen-bond acceptors (Lipinski definition) is 0. The first kappa shape index (κ1) is 28.1. The van der Waals surface area contributed by atoms with E-state index < -0.39 is 6.60 Å². The van der Waals surface area contributed by atoms with Crippen LogP contribution in [0, 0.1) is 0 Å². The van der Waals surface area contributed by atoms with Crippen molar-refractivity contribution in [2.75, 3.05) is 19.5 Å². The van der Waals surface area contributed by atoms with Crippen LogP contribution in [0.4, 0.5) is 0 Å². The van der Waals surface area contributed by atoms with Gasteiger partial charge in [-0.15, -0.1) is 0 Å². The second kappa shape index (κ2) is 15.7. The molecule has 0 saturated carbocycles. The van der Waals surface area contributed by atoms with Crippen LogP contribution in [0.15, 0.2) is 60.7 Å². The van der Waals surface area contributed by atoms with Gasteiger partial charge >= 0.3 is 181 Å². The van der Waals surface area contributed by atoms with Gasteiger partial charge in [-0.25, -0.2) is 0 Å². The van der Waals surface area contributed by atoms with Crippen molar-refractivity contribution in [3.63, 3.8) is 0 Å². The molecule has 0 atom stereocenters. The Bertz CT molecular complexity index is 673. The van der Waals surface area contributed by atoms with E-state index in [-0.39, 0.29) is 0 Å². The summed E-state index contributed by atoms with van der Waals surface area (Å²) in [6.07, 6.45) is 24.1. The summed E-state index contributed by atoms with van der Waals surface area (Å²) < 4.78 is 0. The fraction of sp³-hybridized carbons (Fsp3) is 0.625. The van der Waals surface area contributed by atoms with E-state index in [1.807, 2.05) is 0 Å². The molecule has 1 heteroatoms. The second-order valence-electron chi connectivity index (χ2n) is 11.6.